The second-order valence-electron chi connectivity index (χ2n) is 9.36. The maximum Gasteiger partial charge on any atom is 0.315 e. The van der Waals surface area contributed by atoms with E-state index in [1.807, 2.05) is 30.0 Å². The lowest BCUT2D eigenvalue weighted by Crippen LogP contribution is -2.36. The molecule has 0 radical (unpaired) electrons. The van der Waals surface area contributed by atoms with Crippen molar-refractivity contribution in [3.63, 3.8) is 0 Å². The van der Waals surface area contributed by atoms with Crippen LogP contribution in [-0.4, -0.2) is 56.1 Å². The monoisotopic (exact) mass is 495 g/mol. The highest BCUT2D eigenvalue weighted by Crippen LogP contribution is 2.33. The summed E-state index contributed by atoms with van der Waals surface area (Å²) in [5.41, 5.74) is 8.82. The maximum atomic E-state index is 12.5. The first kappa shape index (κ1) is 23.7. The van der Waals surface area contributed by atoms with Gasteiger partial charge in [0.05, 0.1) is 23.1 Å². The largest absolute Gasteiger partial charge is 0.382 e. The molecule has 35 heavy (non-hydrogen) atoms. The summed E-state index contributed by atoms with van der Waals surface area (Å²) in [7, 11) is 0. The molecule has 0 saturated carbocycles. The molecule has 10 heteroatoms. The second-order valence-corrected chi connectivity index (χ2v) is 10.6. The number of nitrogens with two attached hydrogens (primary N) is 1. The number of imidazole rings is 1. The third kappa shape index (κ3) is 4.89. The number of carbonyl (C=O) groups is 2. The molecule has 9 nitrogen and oxygen atoms in total. The zero-order chi connectivity index (χ0) is 24.4. The lowest BCUT2D eigenvalue weighted by atomic mass is 10.0. The van der Waals surface area contributed by atoms with Gasteiger partial charge in [-0.1, -0.05) is 31.5 Å². The van der Waals surface area contributed by atoms with E-state index in [-0.39, 0.29) is 24.0 Å². The number of rotatable bonds is 10. The van der Waals surface area contributed by atoms with Crippen molar-refractivity contribution in [3.8, 4) is 0 Å². The van der Waals surface area contributed by atoms with Crippen molar-refractivity contribution in [1.82, 2.24) is 30.5 Å². The fourth-order valence-electron chi connectivity index (χ4n) is 5.23. The number of urea groups is 1. The van der Waals surface area contributed by atoms with Crippen molar-refractivity contribution < 1.29 is 9.59 Å². The molecular weight excluding hydrogens is 462 g/mol. The highest BCUT2D eigenvalue weighted by molar-refractivity contribution is 8.00. The Bertz CT molecular complexity index is 1240. The van der Waals surface area contributed by atoms with E-state index in [1.54, 1.807) is 0 Å². The van der Waals surface area contributed by atoms with Crippen molar-refractivity contribution in [1.29, 1.82) is 0 Å². The van der Waals surface area contributed by atoms with Crippen LogP contribution in [0.1, 0.15) is 44.9 Å². The second kappa shape index (κ2) is 10.3. The van der Waals surface area contributed by atoms with Gasteiger partial charge in [-0.25, -0.2) is 14.8 Å². The lowest BCUT2D eigenvalue weighted by molar-refractivity contribution is -0.121. The predicted molar refractivity (Wildman–Crippen MR) is 140 cm³/mol. The number of fused-ring (bicyclic) bond motifs is 4. The van der Waals surface area contributed by atoms with Crippen LogP contribution in [-0.2, 0) is 17.8 Å². The number of thioether (sulfide) groups is 1. The number of anilines is 1. The van der Waals surface area contributed by atoms with Gasteiger partial charge in [-0.05, 0) is 25.3 Å². The molecule has 186 valence electrons. The van der Waals surface area contributed by atoms with E-state index >= 15 is 0 Å². The molecule has 5 N–H and O–H groups in total. The number of para-hydroxylation sites is 1. The van der Waals surface area contributed by atoms with Gasteiger partial charge in [-0.2, -0.15) is 11.8 Å². The minimum absolute atomic E-state index is 0.0515. The summed E-state index contributed by atoms with van der Waals surface area (Å²) in [6, 6.07) is 8.40. The summed E-state index contributed by atoms with van der Waals surface area (Å²) in [5, 5.41) is 10.5. The summed E-state index contributed by atoms with van der Waals surface area (Å²) in [6.07, 6.45) is 5.18. The number of benzene rings is 1. The van der Waals surface area contributed by atoms with Gasteiger partial charge in [0, 0.05) is 42.3 Å². The number of nitrogens with zero attached hydrogens (tertiary/aromatic N) is 3. The molecule has 3 aromatic rings. The molecule has 2 aliphatic heterocycles. The standard InChI is InChI=1S/C25H33N7O2S/c1-2-7-19-30-22-23(15-8-3-4-9-16(15)28-24(22)26)32(19)13-12-27-20(33)11-6-5-10-18-21-17(14-35-18)29-25(34)31-21/h3-4,8-9,17-18,21H,2,5-7,10-14H2,1H3,(H2,26,28)(H,27,33)(H2,29,31,34). The predicted octanol–water partition coefficient (Wildman–Crippen LogP) is 2.96. The first-order chi connectivity index (χ1) is 17.0. The summed E-state index contributed by atoms with van der Waals surface area (Å²) in [4.78, 5) is 33.3. The Balaban J connectivity index is 1.16. The van der Waals surface area contributed by atoms with E-state index in [1.165, 1.54) is 0 Å². The Morgan fingerprint density at radius 2 is 2.11 bits per heavy atom. The number of pyridine rings is 1. The Labute approximate surface area is 209 Å². The van der Waals surface area contributed by atoms with Gasteiger partial charge in [0.2, 0.25) is 5.91 Å². The fourth-order valence-corrected chi connectivity index (χ4v) is 6.77. The first-order valence-corrected chi connectivity index (χ1v) is 13.6. The van der Waals surface area contributed by atoms with Crippen molar-refractivity contribution in [3.05, 3.63) is 30.1 Å². The van der Waals surface area contributed by atoms with Crippen LogP contribution in [0.25, 0.3) is 21.9 Å². The average molecular weight is 496 g/mol. The first-order valence-electron chi connectivity index (χ1n) is 12.5. The Hall–Kier alpha value is -3.01. The van der Waals surface area contributed by atoms with Crippen LogP contribution in [0, 0.1) is 0 Å². The zero-order valence-corrected chi connectivity index (χ0v) is 20.9. The van der Waals surface area contributed by atoms with E-state index in [4.69, 9.17) is 10.7 Å². The number of hydrogen-bond acceptors (Lipinski definition) is 6. The summed E-state index contributed by atoms with van der Waals surface area (Å²) >= 11 is 1.92. The Morgan fingerprint density at radius 3 is 2.97 bits per heavy atom. The minimum Gasteiger partial charge on any atom is -0.382 e. The quantitative estimate of drug-likeness (QED) is 0.253. The molecule has 0 aliphatic carbocycles. The van der Waals surface area contributed by atoms with Crippen LogP contribution in [0.3, 0.4) is 0 Å². The molecule has 0 spiro atoms. The molecule has 1 aromatic carbocycles. The molecule has 5 rings (SSSR count). The molecule has 2 aromatic heterocycles. The lowest BCUT2D eigenvalue weighted by Gasteiger charge is -2.16. The zero-order valence-electron chi connectivity index (χ0n) is 20.0. The van der Waals surface area contributed by atoms with Gasteiger partial charge >= 0.3 is 6.03 Å². The van der Waals surface area contributed by atoms with Crippen LogP contribution >= 0.6 is 11.8 Å². The number of aromatic nitrogens is 3. The summed E-state index contributed by atoms with van der Waals surface area (Å²) < 4.78 is 2.19. The third-order valence-corrected chi connectivity index (χ3v) is 8.41. The average Bonchev–Trinajstić information content (AvgIpc) is 3.50. The Kier molecular flexibility index (Phi) is 6.99. The molecule has 4 heterocycles. The smallest absolute Gasteiger partial charge is 0.315 e. The number of unbranched alkanes of at least 4 members (excludes halogenated alkanes) is 1. The Morgan fingerprint density at radius 1 is 1.26 bits per heavy atom. The van der Waals surface area contributed by atoms with E-state index in [0.29, 0.717) is 30.6 Å². The van der Waals surface area contributed by atoms with Gasteiger partial charge in [0.15, 0.2) is 5.82 Å². The highest BCUT2D eigenvalue weighted by Gasteiger charge is 2.42. The third-order valence-electron chi connectivity index (χ3n) is 6.90. The topological polar surface area (TPSA) is 127 Å². The van der Waals surface area contributed by atoms with Crippen molar-refractivity contribution >= 4 is 51.5 Å². The van der Waals surface area contributed by atoms with Gasteiger partial charge in [0.1, 0.15) is 11.3 Å². The van der Waals surface area contributed by atoms with Crippen LogP contribution in [0.15, 0.2) is 24.3 Å². The number of nitrogens with one attached hydrogen (secondary N) is 3. The van der Waals surface area contributed by atoms with E-state index < -0.39 is 0 Å². The molecule has 0 bridgehead atoms. The number of aryl methyl sites for hydroxylation is 1. The highest BCUT2D eigenvalue weighted by atomic mass is 32.2. The molecule has 3 atom stereocenters. The van der Waals surface area contributed by atoms with Crippen molar-refractivity contribution in [2.45, 2.75) is 69.3 Å². The van der Waals surface area contributed by atoms with Crippen molar-refractivity contribution in [2.75, 3.05) is 18.0 Å². The molecule has 3 unspecified atom stereocenters. The van der Waals surface area contributed by atoms with E-state index in [9.17, 15) is 9.59 Å². The number of nitrogen functional groups attached to an aromatic ring is 1. The number of amides is 3. The number of hydrogen-bond donors (Lipinski definition) is 4. The van der Waals surface area contributed by atoms with Gasteiger partial charge < -0.3 is 26.3 Å². The normalized spacial score (nSPS) is 21.3. The molecular formula is C25H33N7O2S. The van der Waals surface area contributed by atoms with Crippen LogP contribution < -0.4 is 21.7 Å². The molecule has 2 aliphatic rings. The van der Waals surface area contributed by atoms with Crippen LogP contribution in [0.4, 0.5) is 10.6 Å². The van der Waals surface area contributed by atoms with Crippen molar-refractivity contribution in [2.24, 2.45) is 0 Å². The molecule has 2 saturated heterocycles. The summed E-state index contributed by atoms with van der Waals surface area (Å²) in [6.45, 7) is 3.31. The maximum absolute atomic E-state index is 12.5. The minimum atomic E-state index is -0.0515. The van der Waals surface area contributed by atoms with E-state index in [0.717, 1.165) is 65.6 Å². The molecule has 2 fully saturated rings. The van der Waals surface area contributed by atoms with Crippen LogP contribution in [0.2, 0.25) is 0 Å². The molecule has 3 amide bonds. The van der Waals surface area contributed by atoms with Gasteiger partial charge in [-0.3, -0.25) is 4.79 Å². The van der Waals surface area contributed by atoms with E-state index in [2.05, 4.69) is 38.5 Å². The van der Waals surface area contributed by atoms with Gasteiger partial charge in [-0.15, -0.1) is 0 Å². The SMILES string of the molecule is CCCc1nc2c(N)nc3ccccc3c2n1CCNC(=O)CCCCC1SCC2NC(=O)NC21. The van der Waals surface area contributed by atoms with Gasteiger partial charge in [0.25, 0.3) is 0 Å². The number of carbonyl (C=O) groups excluding carboxylic acids is 2. The summed E-state index contributed by atoms with van der Waals surface area (Å²) in [5.74, 6) is 2.46. The van der Waals surface area contributed by atoms with Crippen LogP contribution in [0.5, 0.6) is 0 Å². The fraction of sp³-hybridized carbons (Fsp3) is 0.520.